The van der Waals surface area contributed by atoms with Crippen LogP contribution in [-0.2, 0) is 0 Å². The molecule has 1 rings (SSSR count). The van der Waals surface area contributed by atoms with Crippen molar-refractivity contribution in [1.82, 2.24) is 0 Å². The molecule has 0 N–H and O–H groups in total. The highest BCUT2D eigenvalue weighted by molar-refractivity contribution is 8.17. The average Bonchev–Trinajstić information content (AvgIpc) is 2.07. The minimum Gasteiger partial charge on any atom is -0.123 e. The van der Waals surface area contributed by atoms with Gasteiger partial charge in [-0.2, -0.15) is 0 Å². The molecule has 0 atom stereocenters. The molecule has 0 radical (unpaired) electrons. The molecule has 0 saturated heterocycles. The van der Waals surface area contributed by atoms with Crippen LogP contribution in [0.25, 0.3) is 0 Å². The van der Waals surface area contributed by atoms with Gasteiger partial charge < -0.3 is 0 Å². The Morgan fingerprint density at radius 2 is 2.00 bits per heavy atom. The molecule has 0 unspecified atom stereocenters. The molecule has 0 heterocycles. The molecule has 0 aliphatic heterocycles. The second-order valence-electron chi connectivity index (χ2n) is 1.91. The SMILES string of the molecule is C=CSCSc1ccccc1. The van der Waals surface area contributed by atoms with Gasteiger partial charge in [0.05, 0.1) is 0 Å². The Labute approximate surface area is 76.1 Å². The van der Waals surface area contributed by atoms with Gasteiger partial charge in [-0.3, -0.25) is 0 Å². The second-order valence-corrected chi connectivity index (χ2v) is 4.28. The average molecular weight is 182 g/mol. The summed E-state index contributed by atoms with van der Waals surface area (Å²) in [6, 6.07) is 10.4. The number of rotatable bonds is 4. The minimum atomic E-state index is 1.05. The largest absolute Gasteiger partial charge is 0.123 e. The quantitative estimate of drug-likeness (QED) is 0.396. The van der Waals surface area contributed by atoms with E-state index in [1.54, 1.807) is 11.8 Å². The van der Waals surface area contributed by atoms with Gasteiger partial charge in [0.1, 0.15) is 0 Å². The Hall–Kier alpha value is -0.340. The van der Waals surface area contributed by atoms with E-state index in [4.69, 9.17) is 0 Å². The van der Waals surface area contributed by atoms with Crippen molar-refractivity contribution in [3.8, 4) is 0 Å². The maximum absolute atomic E-state index is 3.64. The number of hydrogen-bond acceptors (Lipinski definition) is 2. The third-order valence-corrected chi connectivity index (χ3v) is 3.01. The smallest absolute Gasteiger partial charge is 0.0480 e. The molecule has 2 heteroatoms. The first-order chi connectivity index (χ1) is 5.43. The highest BCUT2D eigenvalue weighted by Gasteiger charge is 1.88. The summed E-state index contributed by atoms with van der Waals surface area (Å²) in [5.74, 6) is 0. The Balaban J connectivity index is 2.33. The molecule has 0 amide bonds. The van der Waals surface area contributed by atoms with Crippen molar-refractivity contribution < 1.29 is 0 Å². The third kappa shape index (κ3) is 3.54. The molecule has 0 aliphatic rings. The monoisotopic (exact) mass is 182 g/mol. The first-order valence-corrected chi connectivity index (χ1v) is 5.37. The first-order valence-electron chi connectivity index (χ1n) is 3.34. The third-order valence-electron chi connectivity index (χ3n) is 1.15. The zero-order chi connectivity index (χ0) is 7.94. The molecule has 11 heavy (non-hydrogen) atoms. The molecule has 0 nitrogen and oxygen atoms in total. The molecule has 0 aliphatic carbocycles. The van der Waals surface area contributed by atoms with Gasteiger partial charge in [0.15, 0.2) is 0 Å². The van der Waals surface area contributed by atoms with Crippen LogP contribution in [-0.4, -0.2) is 5.08 Å². The zero-order valence-electron chi connectivity index (χ0n) is 6.19. The van der Waals surface area contributed by atoms with Crippen LogP contribution in [0.3, 0.4) is 0 Å². The molecule has 58 valence electrons. The summed E-state index contributed by atoms with van der Waals surface area (Å²) in [4.78, 5) is 1.32. The van der Waals surface area contributed by atoms with Gasteiger partial charge in [0.2, 0.25) is 0 Å². The summed E-state index contributed by atoms with van der Waals surface area (Å²) in [5, 5.41) is 2.92. The van der Waals surface area contributed by atoms with Crippen molar-refractivity contribution in [2.75, 3.05) is 5.08 Å². The topological polar surface area (TPSA) is 0 Å². The Bertz CT molecular complexity index is 206. The molecule has 0 aromatic heterocycles. The standard InChI is InChI=1S/C9H10S2/c1-2-10-8-11-9-6-4-3-5-7-9/h2-7H,1,8H2. The van der Waals surface area contributed by atoms with E-state index in [0.29, 0.717) is 0 Å². The number of hydrogen-bond donors (Lipinski definition) is 0. The predicted molar refractivity (Wildman–Crippen MR) is 55.0 cm³/mol. The summed E-state index contributed by atoms with van der Waals surface area (Å²) in [7, 11) is 0. The van der Waals surface area contributed by atoms with Gasteiger partial charge in [-0.1, -0.05) is 24.8 Å². The fourth-order valence-corrected chi connectivity index (χ4v) is 2.22. The fourth-order valence-electron chi connectivity index (χ4n) is 0.667. The van der Waals surface area contributed by atoms with Crippen molar-refractivity contribution >= 4 is 23.5 Å². The zero-order valence-corrected chi connectivity index (χ0v) is 7.83. The summed E-state index contributed by atoms with van der Waals surface area (Å²) in [6.45, 7) is 3.64. The van der Waals surface area contributed by atoms with Gasteiger partial charge in [-0.05, 0) is 17.5 Å². The van der Waals surface area contributed by atoms with Crippen LogP contribution in [0.5, 0.6) is 0 Å². The summed E-state index contributed by atoms with van der Waals surface area (Å²) < 4.78 is 0. The van der Waals surface area contributed by atoms with Crippen LogP contribution >= 0.6 is 23.5 Å². The minimum absolute atomic E-state index is 1.05. The predicted octanol–water partition coefficient (Wildman–Crippen LogP) is 3.61. The molecule has 0 spiro atoms. The Morgan fingerprint density at radius 3 is 2.64 bits per heavy atom. The van der Waals surface area contributed by atoms with E-state index >= 15 is 0 Å². The van der Waals surface area contributed by atoms with Crippen LogP contribution in [0.2, 0.25) is 0 Å². The molecule has 0 fully saturated rings. The van der Waals surface area contributed by atoms with Crippen LogP contribution in [0.1, 0.15) is 0 Å². The fraction of sp³-hybridized carbons (Fsp3) is 0.111. The Kier molecular flexibility index (Phi) is 4.24. The van der Waals surface area contributed by atoms with Gasteiger partial charge >= 0.3 is 0 Å². The van der Waals surface area contributed by atoms with Crippen LogP contribution in [0, 0.1) is 0 Å². The highest BCUT2D eigenvalue weighted by Crippen LogP contribution is 2.21. The van der Waals surface area contributed by atoms with Crippen LogP contribution in [0.15, 0.2) is 47.2 Å². The second kappa shape index (κ2) is 5.33. The normalized spacial score (nSPS) is 9.45. The molecule has 1 aromatic rings. The first kappa shape index (κ1) is 8.75. The summed E-state index contributed by atoms with van der Waals surface area (Å²) in [6.07, 6.45) is 0. The molecular weight excluding hydrogens is 172 g/mol. The number of thioether (sulfide) groups is 2. The van der Waals surface area contributed by atoms with Crippen molar-refractivity contribution in [1.29, 1.82) is 0 Å². The van der Waals surface area contributed by atoms with E-state index in [2.05, 4.69) is 30.8 Å². The van der Waals surface area contributed by atoms with E-state index in [-0.39, 0.29) is 0 Å². The van der Waals surface area contributed by atoms with E-state index in [1.165, 1.54) is 4.90 Å². The lowest BCUT2D eigenvalue weighted by atomic mass is 10.4. The maximum atomic E-state index is 3.64. The Morgan fingerprint density at radius 1 is 1.27 bits per heavy atom. The molecule has 1 aromatic carbocycles. The van der Waals surface area contributed by atoms with Crippen molar-refractivity contribution in [3.63, 3.8) is 0 Å². The van der Waals surface area contributed by atoms with Gasteiger partial charge in [-0.15, -0.1) is 23.5 Å². The van der Waals surface area contributed by atoms with E-state index in [9.17, 15) is 0 Å². The maximum Gasteiger partial charge on any atom is 0.0480 e. The van der Waals surface area contributed by atoms with Crippen molar-refractivity contribution in [2.24, 2.45) is 0 Å². The van der Waals surface area contributed by atoms with Gasteiger partial charge in [0.25, 0.3) is 0 Å². The van der Waals surface area contributed by atoms with Crippen LogP contribution < -0.4 is 0 Å². The van der Waals surface area contributed by atoms with E-state index in [0.717, 1.165) is 5.08 Å². The molecular formula is C9H10S2. The summed E-state index contributed by atoms with van der Waals surface area (Å²) >= 11 is 3.57. The van der Waals surface area contributed by atoms with Crippen LogP contribution in [0.4, 0.5) is 0 Å². The molecule has 0 saturated carbocycles. The molecule has 0 bridgehead atoms. The van der Waals surface area contributed by atoms with Gasteiger partial charge in [0, 0.05) is 9.98 Å². The summed E-state index contributed by atoms with van der Waals surface area (Å²) in [5.41, 5.74) is 0. The highest BCUT2D eigenvalue weighted by atomic mass is 32.2. The van der Waals surface area contributed by atoms with Gasteiger partial charge in [-0.25, -0.2) is 0 Å². The lowest BCUT2D eigenvalue weighted by Gasteiger charge is -1.96. The lowest BCUT2D eigenvalue weighted by molar-refractivity contribution is 1.47. The van der Waals surface area contributed by atoms with E-state index < -0.39 is 0 Å². The van der Waals surface area contributed by atoms with Crippen molar-refractivity contribution in [3.05, 3.63) is 42.3 Å². The lowest BCUT2D eigenvalue weighted by Crippen LogP contribution is -1.69. The van der Waals surface area contributed by atoms with Crippen molar-refractivity contribution in [2.45, 2.75) is 4.90 Å². The van der Waals surface area contributed by atoms with E-state index in [1.807, 2.05) is 23.2 Å². The number of benzene rings is 1.